The Balaban J connectivity index is 1.45. The number of carbonyl (C=O) groups is 1. The summed E-state index contributed by atoms with van der Waals surface area (Å²) in [5, 5.41) is 19.3. The van der Waals surface area contributed by atoms with Crippen molar-refractivity contribution in [3.63, 3.8) is 0 Å². The van der Waals surface area contributed by atoms with E-state index >= 15 is 0 Å². The van der Waals surface area contributed by atoms with Crippen molar-refractivity contribution >= 4 is 33.7 Å². The molecule has 0 fully saturated rings. The number of carbonyl (C=O) groups excluding carboxylic acids is 1. The van der Waals surface area contributed by atoms with Crippen LogP contribution in [0, 0.1) is 0 Å². The van der Waals surface area contributed by atoms with Gasteiger partial charge in [-0.2, -0.15) is 10.1 Å². The first-order valence-electron chi connectivity index (χ1n) is 11.1. The number of ether oxygens (including phenoxy) is 1. The third kappa shape index (κ3) is 3.68. The first kappa shape index (κ1) is 21.2. The molecule has 0 unspecified atom stereocenters. The van der Waals surface area contributed by atoms with Crippen LogP contribution in [0.25, 0.3) is 5.57 Å². The lowest BCUT2D eigenvalue weighted by atomic mass is 9.98. The number of thiazole rings is 1. The normalized spacial score (nSPS) is 16.8. The van der Waals surface area contributed by atoms with Crippen molar-refractivity contribution in [2.24, 2.45) is 10.1 Å². The molecule has 8 heteroatoms. The summed E-state index contributed by atoms with van der Waals surface area (Å²) in [7, 11) is 1.64. The predicted molar refractivity (Wildman–Crippen MR) is 134 cm³/mol. The van der Waals surface area contributed by atoms with Crippen molar-refractivity contribution in [2.45, 2.75) is 12.5 Å². The molecule has 2 aliphatic rings. The summed E-state index contributed by atoms with van der Waals surface area (Å²) >= 11 is 1.24. The first-order chi connectivity index (χ1) is 17.1. The van der Waals surface area contributed by atoms with Gasteiger partial charge < -0.3 is 9.84 Å². The van der Waals surface area contributed by atoms with Gasteiger partial charge in [-0.25, -0.2) is 10.0 Å². The average Bonchev–Trinajstić information content (AvgIpc) is 3.59. The number of anilines is 1. The fourth-order valence-electron chi connectivity index (χ4n) is 4.42. The Morgan fingerprint density at radius 3 is 2.51 bits per heavy atom. The van der Waals surface area contributed by atoms with Gasteiger partial charge in [-0.3, -0.25) is 4.79 Å². The number of amides is 1. The molecule has 0 spiro atoms. The number of nitrogens with zero attached hydrogens (tertiary/aromatic N) is 4. The average molecular weight is 481 g/mol. The van der Waals surface area contributed by atoms with Gasteiger partial charge in [0.05, 0.1) is 29.8 Å². The molecular weight excluding hydrogens is 460 g/mol. The lowest BCUT2D eigenvalue weighted by Crippen LogP contribution is -2.22. The number of rotatable bonds is 5. The summed E-state index contributed by atoms with van der Waals surface area (Å²) in [5.41, 5.74) is 3.37. The second-order valence-corrected chi connectivity index (χ2v) is 9.19. The molecule has 1 atom stereocenters. The third-order valence-corrected chi connectivity index (χ3v) is 7.20. The van der Waals surface area contributed by atoms with Gasteiger partial charge in [0.15, 0.2) is 0 Å². The summed E-state index contributed by atoms with van der Waals surface area (Å²) < 4.78 is 5.32. The van der Waals surface area contributed by atoms with E-state index in [0.29, 0.717) is 32.6 Å². The van der Waals surface area contributed by atoms with E-state index in [1.165, 1.54) is 11.3 Å². The molecular formula is C27H20N4O3S. The molecule has 7 nitrogen and oxygen atoms in total. The van der Waals surface area contributed by atoms with Crippen molar-refractivity contribution in [2.75, 3.05) is 12.1 Å². The van der Waals surface area contributed by atoms with E-state index in [4.69, 9.17) is 9.84 Å². The van der Waals surface area contributed by atoms with Gasteiger partial charge in [0.2, 0.25) is 11.0 Å². The van der Waals surface area contributed by atoms with Crippen LogP contribution in [0.5, 0.6) is 11.6 Å². The molecule has 0 bridgehead atoms. The number of aromatic nitrogens is 1. The monoisotopic (exact) mass is 480 g/mol. The number of para-hydroxylation sites is 1. The molecule has 3 heterocycles. The molecule has 0 saturated carbocycles. The fourth-order valence-corrected chi connectivity index (χ4v) is 5.43. The van der Waals surface area contributed by atoms with Gasteiger partial charge >= 0.3 is 0 Å². The van der Waals surface area contributed by atoms with Crippen LogP contribution < -0.4 is 20.3 Å². The van der Waals surface area contributed by atoms with Gasteiger partial charge in [-0.15, -0.1) is 0 Å². The van der Waals surface area contributed by atoms with Gasteiger partial charge in [-0.05, 0) is 29.3 Å². The van der Waals surface area contributed by atoms with E-state index in [9.17, 15) is 9.90 Å². The Morgan fingerprint density at radius 1 is 1.00 bits per heavy atom. The van der Waals surface area contributed by atoms with E-state index < -0.39 is 0 Å². The minimum Gasteiger partial charge on any atom is -0.497 e. The molecule has 35 heavy (non-hydrogen) atoms. The zero-order valence-electron chi connectivity index (χ0n) is 18.8. The zero-order valence-corrected chi connectivity index (χ0v) is 19.6. The van der Waals surface area contributed by atoms with Crippen LogP contribution >= 0.6 is 11.3 Å². The lowest BCUT2D eigenvalue weighted by molar-refractivity contribution is -0.112. The van der Waals surface area contributed by atoms with E-state index in [-0.39, 0.29) is 17.8 Å². The van der Waals surface area contributed by atoms with Crippen LogP contribution in [0.3, 0.4) is 0 Å². The van der Waals surface area contributed by atoms with Gasteiger partial charge in [0.1, 0.15) is 10.6 Å². The molecule has 0 saturated heterocycles. The van der Waals surface area contributed by atoms with E-state index in [0.717, 1.165) is 22.6 Å². The lowest BCUT2D eigenvalue weighted by Gasteiger charge is -2.21. The smallest absolute Gasteiger partial charge is 0.279 e. The molecule has 2 aliphatic heterocycles. The maximum Gasteiger partial charge on any atom is 0.279 e. The third-order valence-electron chi connectivity index (χ3n) is 6.15. The minimum absolute atomic E-state index is 0.129. The summed E-state index contributed by atoms with van der Waals surface area (Å²) in [4.78, 5) is 21.7. The van der Waals surface area contributed by atoms with Crippen LogP contribution in [0.15, 0.2) is 89.0 Å². The standard InChI is InChI=1S/C27H20N4O3S/c1-34-18-13-11-17(12-14-18)22-15-21(16-7-3-2-4-8-16)30-31(22)27-29-26(33)24(35-27)23-19-9-5-6-10-20(19)28-25(23)32/h2-14,22,33H,15H2,1H3/t22-/m0/s1. The van der Waals surface area contributed by atoms with E-state index in [1.54, 1.807) is 13.2 Å². The Kier molecular flexibility index (Phi) is 5.15. The number of aromatic hydroxyl groups is 1. The predicted octanol–water partition coefficient (Wildman–Crippen LogP) is 3.57. The zero-order chi connectivity index (χ0) is 23.9. The minimum atomic E-state index is -0.377. The highest BCUT2D eigenvalue weighted by molar-refractivity contribution is 7.17. The Labute approximate surface area is 205 Å². The molecule has 0 aliphatic carbocycles. The summed E-state index contributed by atoms with van der Waals surface area (Å²) in [6, 6.07) is 25.0. The number of methoxy groups -OCH3 is 1. The number of hydrogen-bond acceptors (Lipinski definition) is 7. The summed E-state index contributed by atoms with van der Waals surface area (Å²) in [6.07, 6.45) is 0.666. The SMILES string of the molecule is COc1ccc([C@@H]2CC(c3ccccc3)=NN2c2nc(O)c(C3=c4ccccc4=NC3=O)s2)cc1. The molecule has 1 N–H and O–H groups in total. The highest BCUT2D eigenvalue weighted by Crippen LogP contribution is 2.43. The molecule has 3 aromatic carbocycles. The Bertz CT molecular complexity index is 1590. The van der Waals surface area contributed by atoms with Crippen LogP contribution in [-0.4, -0.2) is 28.8 Å². The number of hydrazone groups is 1. The highest BCUT2D eigenvalue weighted by Gasteiger charge is 2.34. The van der Waals surface area contributed by atoms with Gasteiger partial charge in [0, 0.05) is 11.6 Å². The van der Waals surface area contributed by atoms with Gasteiger partial charge in [-0.1, -0.05) is 72.0 Å². The molecule has 1 amide bonds. The molecule has 172 valence electrons. The maximum absolute atomic E-state index is 12.7. The fraction of sp³-hybridized carbons (Fsp3) is 0.111. The largest absolute Gasteiger partial charge is 0.497 e. The molecule has 4 aromatic rings. The second kappa shape index (κ2) is 8.48. The van der Waals surface area contributed by atoms with Crippen molar-refractivity contribution in [3.05, 3.63) is 105 Å². The second-order valence-electron chi connectivity index (χ2n) is 8.21. The Hall–Kier alpha value is -4.30. The number of fused-ring (bicyclic) bond motifs is 1. The van der Waals surface area contributed by atoms with Crippen LogP contribution in [0.4, 0.5) is 5.13 Å². The van der Waals surface area contributed by atoms with Crippen molar-refractivity contribution in [3.8, 4) is 11.6 Å². The molecule has 1 aromatic heterocycles. The van der Waals surface area contributed by atoms with Crippen molar-refractivity contribution in [1.82, 2.24) is 4.98 Å². The summed E-state index contributed by atoms with van der Waals surface area (Å²) in [6.45, 7) is 0. The topological polar surface area (TPSA) is 87.4 Å². The summed E-state index contributed by atoms with van der Waals surface area (Å²) in [5.74, 6) is 0.200. The molecule has 0 radical (unpaired) electrons. The van der Waals surface area contributed by atoms with Crippen molar-refractivity contribution < 1.29 is 14.6 Å². The Morgan fingerprint density at radius 2 is 1.74 bits per heavy atom. The quantitative estimate of drug-likeness (QED) is 0.472. The van der Waals surface area contributed by atoms with E-state index in [2.05, 4.69) is 9.98 Å². The van der Waals surface area contributed by atoms with Crippen LogP contribution in [-0.2, 0) is 4.79 Å². The highest BCUT2D eigenvalue weighted by atomic mass is 32.1. The van der Waals surface area contributed by atoms with Gasteiger partial charge in [0.25, 0.3) is 5.91 Å². The van der Waals surface area contributed by atoms with Crippen LogP contribution in [0.2, 0.25) is 0 Å². The van der Waals surface area contributed by atoms with E-state index in [1.807, 2.05) is 77.8 Å². The number of hydrogen-bond donors (Lipinski definition) is 1. The maximum atomic E-state index is 12.7. The van der Waals surface area contributed by atoms with Crippen LogP contribution in [0.1, 0.15) is 28.5 Å². The first-order valence-corrected chi connectivity index (χ1v) is 11.9. The number of benzene rings is 3. The van der Waals surface area contributed by atoms with Crippen molar-refractivity contribution in [1.29, 1.82) is 0 Å². The molecule has 6 rings (SSSR count).